The van der Waals surface area contributed by atoms with Gasteiger partial charge in [-0.2, -0.15) is 0 Å². The van der Waals surface area contributed by atoms with Crippen molar-refractivity contribution >= 4 is 33.4 Å². The molecule has 0 N–H and O–H groups in total. The zero-order valence-electron chi connectivity index (χ0n) is 21.4. The largest absolute Gasteiger partial charge is 0.494 e. The van der Waals surface area contributed by atoms with Gasteiger partial charge in [0, 0.05) is 31.1 Å². The van der Waals surface area contributed by atoms with Crippen molar-refractivity contribution < 1.29 is 9.53 Å². The number of fused-ring (bicyclic) bond motifs is 2. The van der Waals surface area contributed by atoms with Crippen molar-refractivity contribution in [2.45, 2.75) is 39.2 Å². The Balaban J connectivity index is 1.21. The number of nitrogens with zero attached hydrogens (tertiary/aromatic N) is 3. The summed E-state index contributed by atoms with van der Waals surface area (Å²) >= 11 is 0. The average Bonchev–Trinajstić information content (AvgIpc) is 3.47. The van der Waals surface area contributed by atoms with Gasteiger partial charge in [0.1, 0.15) is 11.6 Å². The lowest BCUT2D eigenvalue weighted by molar-refractivity contribution is -0.117. The van der Waals surface area contributed by atoms with Gasteiger partial charge in [0.05, 0.1) is 17.6 Å². The van der Waals surface area contributed by atoms with Crippen molar-refractivity contribution in [3.63, 3.8) is 0 Å². The highest BCUT2D eigenvalue weighted by Crippen LogP contribution is 2.36. The number of hydrogen-bond acceptors (Lipinski definition) is 3. The minimum atomic E-state index is 0.0558. The standard InChI is InChI=1S/C32H31N3O2/c1-22-9-7-10-23(2)31(22)35-21-26(20-30(35)36)32-33-28-13-5-6-14-29(28)34(32)17-8-18-37-27-16-15-24-11-3-4-12-25(24)19-27/h3-7,9-16,19,26H,8,17-18,20-21H2,1-2H3. The number of ether oxygens (including phenoxy) is 1. The number of benzene rings is 4. The Kier molecular flexibility index (Phi) is 6.13. The highest BCUT2D eigenvalue weighted by Gasteiger charge is 2.35. The third-order valence-corrected chi connectivity index (χ3v) is 7.40. The van der Waals surface area contributed by atoms with Gasteiger partial charge in [-0.15, -0.1) is 0 Å². The van der Waals surface area contributed by atoms with Gasteiger partial charge in [0.25, 0.3) is 0 Å². The van der Waals surface area contributed by atoms with Gasteiger partial charge in [-0.05, 0) is 66.4 Å². The first kappa shape index (κ1) is 23.3. The molecule has 0 bridgehead atoms. The lowest BCUT2D eigenvalue weighted by Crippen LogP contribution is -2.26. The molecule has 37 heavy (non-hydrogen) atoms. The molecule has 1 aliphatic rings. The highest BCUT2D eigenvalue weighted by atomic mass is 16.5. The van der Waals surface area contributed by atoms with E-state index in [0.29, 0.717) is 19.6 Å². The molecular formula is C32H31N3O2. The zero-order valence-corrected chi connectivity index (χ0v) is 21.4. The average molecular weight is 490 g/mol. The number of imidazole rings is 1. The molecule has 186 valence electrons. The smallest absolute Gasteiger partial charge is 0.227 e. The van der Waals surface area contributed by atoms with Crippen molar-refractivity contribution in [3.05, 3.63) is 102 Å². The van der Waals surface area contributed by atoms with E-state index in [2.05, 4.69) is 79.1 Å². The van der Waals surface area contributed by atoms with Crippen LogP contribution in [0.4, 0.5) is 5.69 Å². The van der Waals surface area contributed by atoms with E-state index in [9.17, 15) is 4.79 Å². The lowest BCUT2D eigenvalue weighted by atomic mass is 10.1. The summed E-state index contributed by atoms with van der Waals surface area (Å²) in [6.07, 6.45) is 1.33. The Bertz CT molecular complexity index is 1580. The number of hydrogen-bond donors (Lipinski definition) is 0. The second-order valence-electron chi connectivity index (χ2n) is 9.97. The molecule has 0 saturated carbocycles. The van der Waals surface area contributed by atoms with Crippen LogP contribution in [0.25, 0.3) is 21.8 Å². The fourth-order valence-electron chi connectivity index (χ4n) is 5.64. The molecule has 4 aromatic carbocycles. The third-order valence-electron chi connectivity index (χ3n) is 7.40. The van der Waals surface area contributed by atoms with E-state index in [1.807, 2.05) is 29.2 Å². The molecule has 5 heteroatoms. The van der Waals surface area contributed by atoms with Crippen molar-refractivity contribution in [1.82, 2.24) is 9.55 Å². The maximum atomic E-state index is 13.2. The molecule has 6 rings (SSSR count). The van der Waals surface area contributed by atoms with Crippen LogP contribution in [-0.2, 0) is 11.3 Å². The van der Waals surface area contributed by atoms with Crippen LogP contribution in [0.3, 0.4) is 0 Å². The molecule has 5 aromatic rings. The van der Waals surface area contributed by atoms with E-state index in [0.717, 1.165) is 52.4 Å². The Morgan fingerprint density at radius 3 is 2.49 bits per heavy atom. The molecular weight excluding hydrogens is 458 g/mol. The first-order chi connectivity index (χ1) is 18.1. The lowest BCUT2D eigenvalue weighted by Gasteiger charge is -2.21. The summed E-state index contributed by atoms with van der Waals surface area (Å²) in [5.41, 5.74) is 5.40. The predicted octanol–water partition coefficient (Wildman–Crippen LogP) is 6.80. The van der Waals surface area contributed by atoms with Crippen LogP contribution in [-0.4, -0.2) is 28.6 Å². The molecule has 5 nitrogen and oxygen atoms in total. The Morgan fingerprint density at radius 2 is 1.65 bits per heavy atom. The van der Waals surface area contributed by atoms with Crippen molar-refractivity contribution in [1.29, 1.82) is 0 Å². The Labute approximate surface area is 217 Å². The fraction of sp³-hybridized carbons (Fsp3) is 0.250. The van der Waals surface area contributed by atoms with Crippen LogP contribution in [0.15, 0.2) is 84.9 Å². The SMILES string of the molecule is Cc1cccc(C)c1N1CC(c2nc3ccccc3n2CCCOc2ccc3ccccc3c2)CC1=O. The molecule has 1 unspecified atom stereocenters. The van der Waals surface area contributed by atoms with E-state index in [-0.39, 0.29) is 11.8 Å². The quantitative estimate of drug-likeness (QED) is 0.236. The molecule has 1 saturated heterocycles. The predicted molar refractivity (Wildman–Crippen MR) is 149 cm³/mol. The molecule has 1 amide bonds. The van der Waals surface area contributed by atoms with Gasteiger partial charge >= 0.3 is 0 Å². The summed E-state index contributed by atoms with van der Waals surface area (Å²) in [5, 5.41) is 2.40. The summed E-state index contributed by atoms with van der Waals surface area (Å²) in [5.74, 6) is 2.11. The maximum absolute atomic E-state index is 13.2. The number of aryl methyl sites for hydroxylation is 3. The third kappa shape index (κ3) is 4.46. The second kappa shape index (κ2) is 9.74. The molecule has 1 atom stereocenters. The normalized spacial score (nSPS) is 15.7. The van der Waals surface area contributed by atoms with Crippen LogP contribution >= 0.6 is 0 Å². The number of para-hydroxylation sites is 3. The minimum absolute atomic E-state index is 0.0558. The minimum Gasteiger partial charge on any atom is -0.494 e. The zero-order chi connectivity index (χ0) is 25.4. The molecule has 1 fully saturated rings. The molecule has 0 aliphatic carbocycles. The molecule has 2 heterocycles. The van der Waals surface area contributed by atoms with Gasteiger partial charge in [-0.3, -0.25) is 4.79 Å². The molecule has 0 spiro atoms. The first-order valence-corrected chi connectivity index (χ1v) is 13.0. The Hall–Kier alpha value is -4.12. The first-order valence-electron chi connectivity index (χ1n) is 13.0. The van der Waals surface area contributed by atoms with E-state index < -0.39 is 0 Å². The second-order valence-corrected chi connectivity index (χ2v) is 9.97. The maximum Gasteiger partial charge on any atom is 0.227 e. The van der Waals surface area contributed by atoms with E-state index in [4.69, 9.17) is 9.72 Å². The van der Waals surface area contributed by atoms with Crippen LogP contribution in [0.1, 0.15) is 35.7 Å². The van der Waals surface area contributed by atoms with Crippen molar-refractivity contribution in [2.24, 2.45) is 0 Å². The fourth-order valence-corrected chi connectivity index (χ4v) is 5.64. The van der Waals surface area contributed by atoms with E-state index in [1.165, 1.54) is 10.8 Å². The number of carbonyl (C=O) groups excluding carboxylic acids is 1. The number of aromatic nitrogens is 2. The number of amides is 1. The number of anilines is 1. The number of carbonyl (C=O) groups is 1. The highest BCUT2D eigenvalue weighted by molar-refractivity contribution is 5.98. The van der Waals surface area contributed by atoms with Gasteiger partial charge in [-0.1, -0.05) is 60.7 Å². The monoisotopic (exact) mass is 489 g/mol. The van der Waals surface area contributed by atoms with Gasteiger partial charge in [0.2, 0.25) is 5.91 Å². The Morgan fingerprint density at radius 1 is 0.892 bits per heavy atom. The van der Waals surface area contributed by atoms with Gasteiger partial charge in [-0.25, -0.2) is 4.98 Å². The van der Waals surface area contributed by atoms with Crippen LogP contribution in [0, 0.1) is 13.8 Å². The summed E-state index contributed by atoms with van der Waals surface area (Å²) in [6.45, 7) is 6.21. The van der Waals surface area contributed by atoms with E-state index in [1.54, 1.807) is 0 Å². The summed E-state index contributed by atoms with van der Waals surface area (Å²) in [6, 6.07) is 29.0. The molecule has 1 aliphatic heterocycles. The number of rotatable bonds is 7. The van der Waals surface area contributed by atoms with Crippen molar-refractivity contribution in [2.75, 3.05) is 18.1 Å². The molecule has 0 radical (unpaired) electrons. The van der Waals surface area contributed by atoms with Crippen LogP contribution < -0.4 is 9.64 Å². The summed E-state index contributed by atoms with van der Waals surface area (Å²) in [7, 11) is 0. The van der Waals surface area contributed by atoms with Crippen LogP contribution in [0.2, 0.25) is 0 Å². The van der Waals surface area contributed by atoms with Crippen molar-refractivity contribution in [3.8, 4) is 5.75 Å². The topological polar surface area (TPSA) is 47.4 Å². The van der Waals surface area contributed by atoms with Gasteiger partial charge in [0.15, 0.2) is 0 Å². The van der Waals surface area contributed by atoms with Crippen LogP contribution in [0.5, 0.6) is 5.75 Å². The summed E-state index contributed by atoms with van der Waals surface area (Å²) in [4.78, 5) is 20.1. The van der Waals surface area contributed by atoms with E-state index >= 15 is 0 Å². The molecule has 1 aromatic heterocycles. The summed E-state index contributed by atoms with van der Waals surface area (Å²) < 4.78 is 8.41. The van der Waals surface area contributed by atoms with Gasteiger partial charge < -0.3 is 14.2 Å².